The maximum Gasteiger partial charge on any atom is 0.170 e. The Morgan fingerprint density at radius 1 is 0.842 bits per heavy atom. The minimum atomic E-state index is -1.32. The highest BCUT2D eigenvalue weighted by atomic mass is 19.2. The van der Waals surface area contributed by atoms with E-state index >= 15 is 0 Å². The SMILES string of the molecule is O=C(Cc1c(F)cccc1F)c1cccc(F)c1F. The van der Waals surface area contributed by atoms with Crippen molar-refractivity contribution in [1.29, 1.82) is 0 Å². The van der Waals surface area contributed by atoms with Gasteiger partial charge < -0.3 is 0 Å². The zero-order valence-corrected chi connectivity index (χ0v) is 9.59. The number of rotatable bonds is 3. The van der Waals surface area contributed by atoms with Crippen molar-refractivity contribution in [3.8, 4) is 0 Å². The molecule has 0 amide bonds. The molecule has 0 unspecified atom stereocenters. The van der Waals surface area contributed by atoms with Crippen molar-refractivity contribution in [2.75, 3.05) is 0 Å². The van der Waals surface area contributed by atoms with E-state index in [-0.39, 0.29) is 0 Å². The minimum absolute atomic E-state index is 0.462. The summed E-state index contributed by atoms with van der Waals surface area (Å²) >= 11 is 0. The Labute approximate surface area is 106 Å². The van der Waals surface area contributed by atoms with E-state index in [0.717, 1.165) is 36.4 Å². The van der Waals surface area contributed by atoms with Gasteiger partial charge >= 0.3 is 0 Å². The molecule has 19 heavy (non-hydrogen) atoms. The first-order chi connectivity index (χ1) is 9.00. The normalized spacial score (nSPS) is 10.5. The Hall–Kier alpha value is -2.17. The van der Waals surface area contributed by atoms with Crippen LogP contribution in [0.1, 0.15) is 15.9 Å². The molecule has 0 saturated carbocycles. The third-order valence-corrected chi connectivity index (χ3v) is 2.65. The maximum atomic E-state index is 13.4. The van der Waals surface area contributed by atoms with Crippen molar-refractivity contribution in [2.45, 2.75) is 6.42 Å². The number of halogens is 4. The monoisotopic (exact) mass is 268 g/mol. The molecule has 0 aliphatic carbocycles. The van der Waals surface area contributed by atoms with Gasteiger partial charge in [0.05, 0.1) is 5.56 Å². The largest absolute Gasteiger partial charge is 0.294 e. The van der Waals surface area contributed by atoms with Crippen LogP contribution in [0.15, 0.2) is 36.4 Å². The number of carbonyl (C=O) groups excluding carboxylic acids is 1. The molecule has 98 valence electrons. The number of benzene rings is 2. The molecule has 0 bridgehead atoms. The van der Waals surface area contributed by atoms with Gasteiger partial charge in [-0.3, -0.25) is 4.79 Å². The van der Waals surface area contributed by atoms with Crippen LogP contribution in [0.25, 0.3) is 0 Å². The van der Waals surface area contributed by atoms with Crippen LogP contribution in [0.2, 0.25) is 0 Å². The highest BCUT2D eigenvalue weighted by Gasteiger charge is 2.18. The summed E-state index contributed by atoms with van der Waals surface area (Å²) in [6, 6.07) is 6.22. The van der Waals surface area contributed by atoms with E-state index in [0.29, 0.717) is 0 Å². The van der Waals surface area contributed by atoms with E-state index < -0.39 is 46.6 Å². The van der Waals surface area contributed by atoms with E-state index in [1.807, 2.05) is 0 Å². The smallest absolute Gasteiger partial charge is 0.170 e. The molecule has 2 aromatic rings. The summed E-state index contributed by atoms with van der Waals surface area (Å²) in [4.78, 5) is 11.8. The molecular formula is C14H8F4O. The van der Waals surface area contributed by atoms with Crippen LogP contribution in [0.3, 0.4) is 0 Å². The van der Waals surface area contributed by atoms with Crippen LogP contribution in [0, 0.1) is 23.3 Å². The fraction of sp³-hybridized carbons (Fsp3) is 0.0714. The molecule has 0 atom stereocenters. The summed E-state index contributed by atoms with van der Waals surface area (Å²) in [5.74, 6) is -5.18. The summed E-state index contributed by atoms with van der Waals surface area (Å²) in [7, 11) is 0. The van der Waals surface area contributed by atoms with Crippen LogP contribution >= 0.6 is 0 Å². The Bertz CT molecular complexity index is 617. The van der Waals surface area contributed by atoms with Gasteiger partial charge in [0, 0.05) is 12.0 Å². The van der Waals surface area contributed by atoms with Crippen molar-refractivity contribution in [3.63, 3.8) is 0 Å². The topological polar surface area (TPSA) is 17.1 Å². The molecule has 0 N–H and O–H groups in total. The number of hydrogen-bond donors (Lipinski definition) is 0. The highest BCUT2D eigenvalue weighted by molar-refractivity contribution is 5.97. The van der Waals surface area contributed by atoms with E-state index in [4.69, 9.17) is 0 Å². The van der Waals surface area contributed by atoms with Gasteiger partial charge in [-0.25, -0.2) is 17.6 Å². The van der Waals surface area contributed by atoms with Crippen LogP contribution < -0.4 is 0 Å². The molecule has 0 fully saturated rings. The molecule has 0 aliphatic rings. The molecule has 0 heterocycles. The van der Waals surface area contributed by atoms with Crippen molar-refractivity contribution < 1.29 is 22.4 Å². The van der Waals surface area contributed by atoms with E-state index in [1.54, 1.807) is 0 Å². The van der Waals surface area contributed by atoms with Crippen molar-refractivity contribution in [2.24, 2.45) is 0 Å². The van der Waals surface area contributed by atoms with Gasteiger partial charge in [-0.1, -0.05) is 12.1 Å². The van der Waals surface area contributed by atoms with E-state index in [1.165, 1.54) is 0 Å². The fourth-order valence-corrected chi connectivity index (χ4v) is 1.68. The van der Waals surface area contributed by atoms with Crippen LogP contribution in [-0.4, -0.2) is 5.78 Å². The van der Waals surface area contributed by atoms with Gasteiger partial charge in [0.1, 0.15) is 11.6 Å². The molecule has 2 rings (SSSR count). The standard InChI is InChI=1S/C14H8F4O/c15-10-4-2-5-11(16)9(10)7-13(19)8-3-1-6-12(17)14(8)18/h1-6H,7H2. The molecule has 0 aromatic heterocycles. The molecule has 0 aliphatic heterocycles. The third-order valence-electron chi connectivity index (χ3n) is 2.65. The second-order valence-electron chi connectivity index (χ2n) is 3.90. The van der Waals surface area contributed by atoms with Gasteiger partial charge in [-0.15, -0.1) is 0 Å². The quantitative estimate of drug-likeness (QED) is 0.613. The minimum Gasteiger partial charge on any atom is -0.294 e. The first kappa shape index (κ1) is 13.3. The van der Waals surface area contributed by atoms with Crippen LogP contribution in [0.5, 0.6) is 0 Å². The zero-order chi connectivity index (χ0) is 14.0. The van der Waals surface area contributed by atoms with Gasteiger partial charge in [0.25, 0.3) is 0 Å². The number of carbonyl (C=O) groups is 1. The van der Waals surface area contributed by atoms with Crippen LogP contribution in [-0.2, 0) is 6.42 Å². The summed E-state index contributed by atoms with van der Waals surface area (Å²) < 4.78 is 53.0. The van der Waals surface area contributed by atoms with Crippen molar-refractivity contribution >= 4 is 5.78 Å². The van der Waals surface area contributed by atoms with Crippen molar-refractivity contribution in [3.05, 3.63) is 70.8 Å². The van der Waals surface area contributed by atoms with Crippen LogP contribution in [0.4, 0.5) is 17.6 Å². The predicted octanol–water partition coefficient (Wildman–Crippen LogP) is 3.67. The number of Topliss-reactive ketones (excluding diaryl/α,β-unsaturated/α-hetero) is 1. The molecule has 0 radical (unpaired) electrons. The van der Waals surface area contributed by atoms with E-state index in [9.17, 15) is 22.4 Å². The van der Waals surface area contributed by atoms with Gasteiger partial charge in [-0.2, -0.15) is 0 Å². The van der Waals surface area contributed by atoms with E-state index in [2.05, 4.69) is 0 Å². The Balaban J connectivity index is 2.34. The second kappa shape index (κ2) is 5.22. The molecule has 2 aromatic carbocycles. The Kier molecular flexibility index (Phi) is 3.64. The molecular weight excluding hydrogens is 260 g/mol. The molecule has 0 spiro atoms. The van der Waals surface area contributed by atoms with Gasteiger partial charge in [0.2, 0.25) is 0 Å². The van der Waals surface area contributed by atoms with Crippen molar-refractivity contribution in [1.82, 2.24) is 0 Å². The van der Waals surface area contributed by atoms with Gasteiger partial charge in [-0.05, 0) is 24.3 Å². The Morgan fingerprint density at radius 2 is 1.37 bits per heavy atom. The summed E-state index contributed by atoms with van der Waals surface area (Å²) in [5.41, 5.74) is -0.987. The predicted molar refractivity (Wildman–Crippen MR) is 60.8 cm³/mol. The lowest BCUT2D eigenvalue weighted by atomic mass is 10.0. The molecule has 0 saturated heterocycles. The number of ketones is 1. The average molecular weight is 268 g/mol. The lowest BCUT2D eigenvalue weighted by Crippen LogP contribution is -2.10. The summed E-state index contributed by atoms with van der Waals surface area (Å²) in [6.45, 7) is 0. The average Bonchev–Trinajstić information content (AvgIpc) is 2.37. The maximum absolute atomic E-state index is 13.4. The highest BCUT2D eigenvalue weighted by Crippen LogP contribution is 2.18. The molecule has 1 nitrogen and oxygen atoms in total. The first-order valence-corrected chi connectivity index (χ1v) is 5.41. The lowest BCUT2D eigenvalue weighted by Gasteiger charge is -2.05. The summed E-state index contributed by atoms with van der Waals surface area (Å²) in [5, 5.41) is 0. The molecule has 5 heteroatoms. The second-order valence-corrected chi connectivity index (χ2v) is 3.90. The zero-order valence-electron chi connectivity index (χ0n) is 9.59. The number of hydrogen-bond acceptors (Lipinski definition) is 1. The first-order valence-electron chi connectivity index (χ1n) is 5.41. The van der Waals surface area contributed by atoms with Gasteiger partial charge in [0.15, 0.2) is 17.4 Å². The Morgan fingerprint density at radius 3 is 2.00 bits per heavy atom. The fourth-order valence-electron chi connectivity index (χ4n) is 1.68. The lowest BCUT2D eigenvalue weighted by molar-refractivity contribution is 0.0985. The third kappa shape index (κ3) is 2.65. The summed E-state index contributed by atoms with van der Waals surface area (Å²) in [6.07, 6.45) is -0.668.